The predicted molar refractivity (Wildman–Crippen MR) is 69.7 cm³/mol. The Bertz CT molecular complexity index is 246. The highest BCUT2D eigenvalue weighted by Crippen LogP contribution is 2.47. The smallest absolute Gasteiger partial charge is 0.0130 e. The van der Waals surface area contributed by atoms with Crippen LogP contribution >= 0.6 is 0 Å². The van der Waals surface area contributed by atoms with Gasteiger partial charge in [0.25, 0.3) is 0 Å². The molecule has 2 heterocycles. The molecule has 0 saturated carbocycles. The maximum absolute atomic E-state index is 2.72. The summed E-state index contributed by atoms with van der Waals surface area (Å²) in [6.45, 7) is 13.4. The van der Waals surface area contributed by atoms with E-state index in [1.165, 1.54) is 38.9 Å². The zero-order chi connectivity index (χ0) is 12.0. The Hall–Kier alpha value is -0.0800. The lowest BCUT2D eigenvalue weighted by molar-refractivity contribution is 0.0464. The van der Waals surface area contributed by atoms with E-state index in [4.69, 9.17) is 0 Å². The summed E-state index contributed by atoms with van der Waals surface area (Å²) in [5, 5.41) is 0. The number of hydrogen-bond donors (Lipinski definition) is 0. The third kappa shape index (κ3) is 2.02. The highest BCUT2D eigenvalue weighted by Gasteiger charge is 2.48. The van der Waals surface area contributed by atoms with Gasteiger partial charge in [-0.05, 0) is 79.1 Å². The number of nitrogens with zero attached hydrogens (tertiary/aromatic N) is 2. The average Bonchev–Trinajstić information content (AvgIpc) is 2.49. The topological polar surface area (TPSA) is 6.48 Å². The lowest BCUT2D eigenvalue weighted by atomic mass is 9.73. The van der Waals surface area contributed by atoms with E-state index >= 15 is 0 Å². The molecule has 1 atom stereocenters. The van der Waals surface area contributed by atoms with E-state index in [2.05, 4.69) is 44.5 Å². The molecule has 2 aliphatic heterocycles. The first-order chi connectivity index (χ1) is 7.35. The van der Waals surface area contributed by atoms with Gasteiger partial charge in [0.15, 0.2) is 0 Å². The highest BCUT2D eigenvalue weighted by molar-refractivity contribution is 5.02. The summed E-state index contributed by atoms with van der Waals surface area (Å²) in [5.41, 5.74) is 0.964. The van der Waals surface area contributed by atoms with Gasteiger partial charge in [-0.2, -0.15) is 0 Å². The molecule has 2 saturated heterocycles. The number of rotatable bonds is 0. The SMILES string of the molecule is C[C@H]1N(C(C)(C)C)CCC12CCN(C)CC2. The molecule has 0 unspecified atom stereocenters. The molecule has 0 aromatic carbocycles. The fourth-order valence-corrected chi connectivity index (χ4v) is 3.72. The molecule has 0 radical (unpaired) electrons. The van der Waals surface area contributed by atoms with Crippen LogP contribution in [0, 0.1) is 5.41 Å². The Morgan fingerprint density at radius 2 is 1.50 bits per heavy atom. The van der Waals surface area contributed by atoms with Crippen LogP contribution in [-0.2, 0) is 0 Å². The highest BCUT2D eigenvalue weighted by atomic mass is 15.2. The summed E-state index contributed by atoms with van der Waals surface area (Å²) >= 11 is 0. The quantitative estimate of drug-likeness (QED) is 0.624. The van der Waals surface area contributed by atoms with E-state index in [9.17, 15) is 0 Å². The van der Waals surface area contributed by atoms with Gasteiger partial charge < -0.3 is 4.90 Å². The van der Waals surface area contributed by atoms with Gasteiger partial charge in [-0.15, -0.1) is 0 Å². The molecular formula is C14H28N2. The van der Waals surface area contributed by atoms with Crippen molar-refractivity contribution in [1.82, 2.24) is 9.80 Å². The molecule has 2 nitrogen and oxygen atoms in total. The van der Waals surface area contributed by atoms with Gasteiger partial charge in [-0.25, -0.2) is 0 Å². The van der Waals surface area contributed by atoms with Gasteiger partial charge in [0.1, 0.15) is 0 Å². The molecule has 0 N–H and O–H groups in total. The summed E-state index contributed by atoms with van der Waals surface area (Å²) in [6, 6.07) is 0.765. The molecule has 2 aliphatic rings. The van der Waals surface area contributed by atoms with Crippen molar-refractivity contribution in [2.24, 2.45) is 5.41 Å². The van der Waals surface area contributed by atoms with Crippen LogP contribution in [0.15, 0.2) is 0 Å². The van der Waals surface area contributed by atoms with Crippen molar-refractivity contribution < 1.29 is 0 Å². The Kier molecular flexibility index (Phi) is 3.09. The minimum atomic E-state index is 0.340. The number of likely N-dealkylation sites (tertiary alicyclic amines) is 2. The molecule has 2 heteroatoms. The van der Waals surface area contributed by atoms with Crippen molar-refractivity contribution in [3.05, 3.63) is 0 Å². The molecule has 0 aliphatic carbocycles. The number of hydrogen-bond acceptors (Lipinski definition) is 2. The van der Waals surface area contributed by atoms with E-state index in [1.54, 1.807) is 0 Å². The van der Waals surface area contributed by atoms with Crippen molar-refractivity contribution in [1.29, 1.82) is 0 Å². The van der Waals surface area contributed by atoms with Crippen molar-refractivity contribution in [2.75, 3.05) is 26.7 Å². The molecule has 0 aromatic heterocycles. The Labute approximate surface area is 101 Å². The third-order valence-electron chi connectivity index (χ3n) is 5.05. The van der Waals surface area contributed by atoms with E-state index in [0.717, 1.165) is 6.04 Å². The standard InChI is InChI=1S/C14H28N2/c1-12-14(6-9-15(5)10-7-14)8-11-16(12)13(2,3)4/h12H,6-11H2,1-5H3/t12-/m1/s1. The summed E-state index contributed by atoms with van der Waals surface area (Å²) in [5.74, 6) is 0. The molecule has 0 amide bonds. The van der Waals surface area contributed by atoms with E-state index in [0.29, 0.717) is 11.0 Å². The molecule has 16 heavy (non-hydrogen) atoms. The van der Waals surface area contributed by atoms with Gasteiger partial charge in [0, 0.05) is 11.6 Å². The minimum Gasteiger partial charge on any atom is -0.306 e. The second-order valence-electron chi connectivity index (χ2n) is 6.96. The first kappa shape index (κ1) is 12.4. The molecule has 2 fully saturated rings. The first-order valence-corrected chi connectivity index (χ1v) is 6.80. The Morgan fingerprint density at radius 1 is 1.00 bits per heavy atom. The maximum atomic E-state index is 2.72. The van der Waals surface area contributed by atoms with Crippen LogP contribution in [0.1, 0.15) is 47.0 Å². The Morgan fingerprint density at radius 3 is 1.94 bits per heavy atom. The molecule has 0 bridgehead atoms. The van der Waals surface area contributed by atoms with Gasteiger partial charge in [0.2, 0.25) is 0 Å². The van der Waals surface area contributed by atoms with Crippen molar-refractivity contribution in [2.45, 2.75) is 58.5 Å². The van der Waals surface area contributed by atoms with Crippen molar-refractivity contribution in [3.63, 3.8) is 0 Å². The summed E-state index contributed by atoms with van der Waals surface area (Å²) in [7, 11) is 2.26. The fourth-order valence-electron chi connectivity index (χ4n) is 3.72. The molecular weight excluding hydrogens is 196 g/mol. The summed E-state index contributed by atoms with van der Waals surface area (Å²) in [4.78, 5) is 5.20. The minimum absolute atomic E-state index is 0.340. The average molecular weight is 224 g/mol. The second-order valence-corrected chi connectivity index (χ2v) is 6.96. The second kappa shape index (κ2) is 3.99. The third-order valence-corrected chi connectivity index (χ3v) is 5.05. The monoisotopic (exact) mass is 224 g/mol. The van der Waals surface area contributed by atoms with Crippen LogP contribution in [0.3, 0.4) is 0 Å². The van der Waals surface area contributed by atoms with Gasteiger partial charge >= 0.3 is 0 Å². The van der Waals surface area contributed by atoms with Crippen molar-refractivity contribution in [3.8, 4) is 0 Å². The van der Waals surface area contributed by atoms with Crippen LogP contribution in [0.4, 0.5) is 0 Å². The normalized spacial score (nSPS) is 32.4. The molecule has 94 valence electrons. The maximum Gasteiger partial charge on any atom is 0.0130 e. The van der Waals surface area contributed by atoms with E-state index in [-0.39, 0.29) is 0 Å². The molecule has 0 aromatic rings. The van der Waals surface area contributed by atoms with Crippen LogP contribution in [0.25, 0.3) is 0 Å². The zero-order valence-electron chi connectivity index (χ0n) is 11.7. The zero-order valence-corrected chi connectivity index (χ0v) is 11.7. The van der Waals surface area contributed by atoms with E-state index < -0.39 is 0 Å². The van der Waals surface area contributed by atoms with Crippen LogP contribution < -0.4 is 0 Å². The Balaban J connectivity index is 2.09. The molecule has 1 spiro atoms. The van der Waals surface area contributed by atoms with Gasteiger partial charge in [-0.3, -0.25) is 4.90 Å². The van der Waals surface area contributed by atoms with Gasteiger partial charge in [0.05, 0.1) is 0 Å². The first-order valence-electron chi connectivity index (χ1n) is 6.80. The van der Waals surface area contributed by atoms with Crippen LogP contribution in [0.2, 0.25) is 0 Å². The fraction of sp³-hybridized carbons (Fsp3) is 1.00. The number of piperidine rings is 1. The lowest BCUT2D eigenvalue weighted by Crippen LogP contribution is -2.50. The van der Waals surface area contributed by atoms with Gasteiger partial charge in [-0.1, -0.05) is 0 Å². The van der Waals surface area contributed by atoms with Crippen molar-refractivity contribution >= 4 is 0 Å². The summed E-state index contributed by atoms with van der Waals surface area (Å²) in [6.07, 6.45) is 4.22. The largest absolute Gasteiger partial charge is 0.306 e. The van der Waals surface area contributed by atoms with Crippen LogP contribution in [-0.4, -0.2) is 48.1 Å². The van der Waals surface area contributed by atoms with Crippen LogP contribution in [0.5, 0.6) is 0 Å². The predicted octanol–water partition coefficient (Wildman–Crippen LogP) is 2.59. The molecule has 2 rings (SSSR count). The lowest BCUT2D eigenvalue weighted by Gasteiger charge is -2.45. The van der Waals surface area contributed by atoms with E-state index in [1.807, 2.05) is 0 Å². The summed E-state index contributed by atoms with van der Waals surface area (Å²) < 4.78 is 0.